The van der Waals surface area contributed by atoms with E-state index in [9.17, 15) is 19.5 Å². The third-order valence-electron chi connectivity index (χ3n) is 2.54. The van der Waals surface area contributed by atoms with Crippen molar-refractivity contribution in [3.63, 3.8) is 0 Å². The Balaban J connectivity index is 2.42. The minimum absolute atomic E-state index is 0.0706. The van der Waals surface area contributed by atoms with Gasteiger partial charge in [-0.1, -0.05) is 6.07 Å². The van der Waals surface area contributed by atoms with Gasteiger partial charge in [-0.2, -0.15) is 0 Å². The topological polar surface area (TPSA) is 105 Å². The number of rotatable bonds is 6. The quantitative estimate of drug-likeness (QED) is 0.650. The molecule has 1 atom stereocenters. The second-order valence-corrected chi connectivity index (χ2v) is 4.31. The standard InChI is InChI=1S/C14H18N2O5/c1-3-15-13(19)9(2)16-12(18)8-21-14(20)10-5-4-6-11(17)7-10/h4-7,9,17H,3,8H2,1-2H3,(H,15,19)(H,16,18)/t9-/m1/s1. The Morgan fingerprint density at radius 2 is 2.05 bits per heavy atom. The lowest BCUT2D eigenvalue weighted by molar-refractivity contribution is -0.130. The van der Waals surface area contributed by atoms with Crippen LogP contribution in [0.2, 0.25) is 0 Å². The Hall–Kier alpha value is -2.57. The van der Waals surface area contributed by atoms with Gasteiger partial charge in [-0.05, 0) is 32.0 Å². The van der Waals surface area contributed by atoms with E-state index in [4.69, 9.17) is 4.74 Å². The van der Waals surface area contributed by atoms with E-state index >= 15 is 0 Å². The van der Waals surface area contributed by atoms with Crippen LogP contribution in [0.4, 0.5) is 0 Å². The number of ether oxygens (including phenoxy) is 1. The van der Waals surface area contributed by atoms with Crippen LogP contribution in [-0.4, -0.2) is 42.1 Å². The highest BCUT2D eigenvalue weighted by Gasteiger charge is 2.16. The summed E-state index contributed by atoms with van der Waals surface area (Å²) >= 11 is 0. The minimum Gasteiger partial charge on any atom is -0.508 e. The van der Waals surface area contributed by atoms with E-state index in [1.165, 1.54) is 31.2 Å². The number of carbonyl (C=O) groups is 3. The van der Waals surface area contributed by atoms with Crippen LogP contribution in [-0.2, 0) is 14.3 Å². The Morgan fingerprint density at radius 1 is 1.33 bits per heavy atom. The third-order valence-corrected chi connectivity index (χ3v) is 2.54. The lowest BCUT2D eigenvalue weighted by atomic mass is 10.2. The van der Waals surface area contributed by atoms with Crippen LogP contribution in [0.5, 0.6) is 5.75 Å². The maximum absolute atomic E-state index is 11.6. The van der Waals surface area contributed by atoms with Crippen molar-refractivity contribution in [3.05, 3.63) is 29.8 Å². The van der Waals surface area contributed by atoms with E-state index in [0.29, 0.717) is 6.54 Å². The molecule has 114 valence electrons. The first-order chi connectivity index (χ1) is 9.93. The number of hydrogen-bond donors (Lipinski definition) is 3. The molecule has 0 saturated heterocycles. The first-order valence-corrected chi connectivity index (χ1v) is 6.47. The fourth-order valence-electron chi connectivity index (χ4n) is 1.52. The summed E-state index contributed by atoms with van der Waals surface area (Å²) in [7, 11) is 0. The largest absolute Gasteiger partial charge is 0.508 e. The first kappa shape index (κ1) is 16.5. The van der Waals surface area contributed by atoms with E-state index < -0.39 is 24.5 Å². The van der Waals surface area contributed by atoms with Gasteiger partial charge < -0.3 is 20.5 Å². The number of phenolic OH excluding ortho intramolecular Hbond substituents is 1. The number of carbonyl (C=O) groups excluding carboxylic acids is 3. The minimum atomic E-state index is -0.730. The molecule has 21 heavy (non-hydrogen) atoms. The summed E-state index contributed by atoms with van der Waals surface area (Å²) in [6.45, 7) is 3.26. The van der Waals surface area contributed by atoms with Gasteiger partial charge >= 0.3 is 5.97 Å². The maximum atomic E-state index is 11.6. The van der Waals surface area contributed by atoms with Gasteiger partial charge in [0.2, 0.25) is 5.91 Å². The average Bonchev–Trinajstić information content (AvgIpc) is 2.45. The summed E-state index contributed by atoms with van der Waals surface area (Å²) in [6.07, 6.45) is 0. The average molecular weight is 294 g/mol. The number of amides is 2. The number of benzene rings is 1. The van der Waals surface area contributed by atoms with Crippen LogP contribution in [0.1, 0.15) is 24.2 Å². The summed E-state index contributed by atoms with van der Waals surface area (Å²) in [4.78, 5) is 34.6. The van der Waals surface area contributed by atoms with Gasteiger partial charge in [0.25, 0.3) is 5.91 Å². The Labute approximate surface area is 122 Å². The molecule has 7 nitrogen and oxygen atoms in total. The molecule has 0 bridgehead atoms. The van der Waals surface area contributed by atoms with Crippen molar-refractivity contribution in [1.29, 1.82) is 0 Å². The molecule has 0 fully saturated rings. The SMILES string of the molecule is CCNC(=O)[C@@H](C)NC(=O)COC(=O)c1cccc(O)c1. The monoisotopic (exact) mass is 294 g/mol. The van der Waals surface area contributed by atoms with Crippen molar-refractivity contribution in [1.82, 2.24) is 10.6 Å². The smallest absolute Gasteiger partial charge is 0.338 e. The molecule has 2 amide bonds. The summed E-state index contributed by atoms with van der Waals surface area (Å²) < 4.78 is 4.79. The molecule has 0 aliphatic carbocycles. The molecule has 1 aromatic carbocycles. The van der Waals surface area contributed by atoms with Gasteiger partial charge in [0.05, 0.1) is 5.56 Å². The van der Waals surface area contributed by atoms with Crippen molar-refractivity contribution < 1.29 is 24.2 Å². The second kappa shape index (κ2) is 7.88. The second-order valence-electron chi connectivity index (χ2n) is 4.31. The number of phenols is 1. The van der Waals surface area contributed by atoms with E-state index in [2.05, 4.69) is 10.6 Å². The molecule has 0 spiro atoms. The van der Waals surface area contributed by atoms with Gasteiger partial charge in [-0.15, -0.1) is 0 Å². The lowest BCUT2D eigenvalue weighted by Crippen LogP contribution is -2.46. The van der Waals surface area contributed by atoms with Gasteiger partial charge in [0.15, 0.2) is 6.61 Å². The molecule has 1 rings (SSSR count). The van der Waals surface area contributed by atoms with Crippen molar-refractivity contribution in [3.8, 4) is 5.75 Å². The Bertz CT molecular complexity index is 530. The number of esters is 1. The van der Waals surface area contributed by atoms with Gasteiger partial charge in [0.1, 0.15) is 11.8 Å². The molecule has 0 heterocycles. The highest BCUT2D eigenvalue weighted by atomic mass is 16.5. The predicted molar refractivity (Wildman–Crippen MR) is 74.7 cm³/mol. The highest BCUT2D eigenvalue weighted by Crippen LogP contribution is 2.11. The molecule has 0 radical (unpaired) electrons. The summed E-state index contributed by atoms with van der Waals surface area (Å²) in [5, 5.41) is 14.2. The van der Waals surface area contributed by atoms with Gasteiger partial charge in [-0.3, -0.25) is 9.59 Å². The van der Waals surface area contributed by atoms with Crippen LogP contribution in [0.25, 0.3) is 0 Å². The molecule has 3 N–H and O–H groups in total. The number of hydrogen-bond acceptors (Lipinski definition) is 5. The van der Waals surface area contributed by atoms with E-state index in [1.54, 1.807) is 6.92 Å². The Kier molecular flexibility index (Phi) is 6.19. The van der Waals surface area contributed by atoms with E-state index in [1.807, 2.05) is 0 Å². The normalized spacial score (nSPS) is 11.3. The molecule has 7 heteroatoms. The third kappa shape index (κ3) is 5.52. The van der Waals surface area contributed by atoms with Gasteiger partial charge in [-0.25, -0.2) is 4.79 Å². The maximum Gasteiger partial charge on any atom is 0.338 e. The fraction of sp³-hybridized carbons (Fsp3) is 0.357. The number of nitrogens with one attached hydrogen (secondary N) is 2. The van der Waals surface area contributed by atoms with Crippen molar-refractivity contribution in [2.45, 2.75) is 19.9 Å². The number of likely N-dealkylation sites (N-methyl/N-ethyl adjacent to an activating group) is 1. The van der Waals surface area contributed by atoms with Crippen LogP contribution in [0, 0.1) is 0 Å². The van der Waals surface area contributed by atoms with Crippen molar-refractivity contribution >= 4 is 17.8 Å². The summed E-state index contributed by atoms with van der Waals surface area (Å²) in [5.41, 5.74) is 0.138. The van der Waals surface area contributed by atoms with E-state index in [-0.39, 0.29) is 17.2 Å². The van der Waals surface area contributed by atoms with E-state index in [0.717, 1.165) is 0 Å². The molecule has 0 aliphatic heterocycles. The number of aromatic hydroxyl groups is 1. The highest BCUT2D eigenvalue weighted by molar-refractivity contribution is 5.92. The molecular weight excluding hydrogens is 276 g/mol. The van der Waals surface area contributed by atoms with Crippen molar-refractivity contribution in [2.24, 2.45) is 0 Å². The summed E-state index contributed by atoms with van der Waals surface area (Å²) in [6, 6.07) is 4.88. The zero-order valence-corrected chi connectivity index (χ0v) is 11.9. The van der Waals surface area contributed by atoms with Gasteiger partial charge in [0, 0.05) is 6.54 Å². The zero-order valence-electron chi connectivity index (χ0n) is 11.9. The Morgan fingerprint density at radius 3 is 2.67 bits per heavy atom. The molecule has 0 unspecified atom stereocenters. The lowest BCUT2D eigenvalue weighted by Gasteiger charge is -2.13. The first-order valence-electron chi connectivity index (χ1n) is 6.47. The summed E-state index contributed by atoms with van der Waals surface area (Å²) in [5.74, 6) is -1.70. The van der Waals surface area contributed by atoms with Crippen LogP contribution in [0.3, 0.4) is 0 Å². The molecular formula is C14H18N2O5. The van der Waals surface area contributed by atoms with Crippen LogP contribution >= 0.6 is 0 Å². The molecule has 0 saturated carbocycles. The predicted octanol–water partition coefficient (Wildman–Crippen LogP) is 0.190. The fourth-order valence-corrected chi connectivity index (χ4v) is 1.52. The van der Waals surface area contributed by atoms with Crippen molar-refractivity contribution in [2.75, 3.05) is 13.2 Å². The zero-order chi connectivity index (χ0) is 15.8. The van der Waals surface area contributed by atoms with Crippen LogP contribution < -0.4 is 10.6 Å². The molecule has 0 aliphatic rings. The molecule has 0 aromatic heterocycles. The van der Waals surface area contributed by atoms with Crippen LogP contribution in [0.15, 0.2) is 24.3 Å². The molecule has 1 aromatic rings.